The number of hydrogen-bond donors (Lipinski definition) is 1. The molecule has 0 saturated carbocycles. The van der Waals surface area contributed by atoms with Crippen LogP contribution >= 0.6 is 15.9 Å². The summed E-state index contributed by atoms with van der Waals surface area (Å²) in [6.45, 7) is 1.78. The Labute approximate surface area is 115 Å². The number of carbonyl (C=O) groups is 1. The summed E-state index contributed by atoms with van der Waals surface area (Å²) >= 11 is 3.41. The van der Waals surface area contributed by atoms with Crippen LogP contribution in [0.15, 0.2) is 22.7 Å². The molecule has 1 fully saturated rings. The molecule has 1 aromatic carbocycles. The van der Waals surface area contributed by atoms with E-state index in [1.807, 2.05) is 6.07 Å². The molecule has 4 nitrogen and oxygen atoms in total. The highest BCUT2D eigenvalue weighted by Crippen LogP contribution is 2.29. The molecule has 1 heterocycles. The first-order chi connectivity index (χ1) is 8.49. The highest BCUT2D eigenvalue weighted by Gasteiger charge is 2.26. The Bertz CT molecular complexity index is 462. The van der Waals surface area contributed by atoms with Crippen LogP contribution in [0.3, 0.4) is 0 Å². The summed E-state index contributed by atoms with van der Waals surface area (Å²) in [5, 5.41) is 9.24. The number of carboxylic acid groups (broad SMARTS) is 1. The van der Waals surface area contributed by atoms with E-state index < -0.39 is 5.97 Å². The molecule has 98 valence electrons. The molecule has 1 N–H and O–H groups in total. The highest BCUT2D eigenvalue weighted by molar-refractivity contribution is 9.10. The summed E-state index contributed by atoms with van der Waals surface area (Å²) in [6.07, 6.45) is 1.07. The Hall–Kier alpha value is -1.07. The second kappa shape index (κ2) is 5.28. The fourth-order valence-electron chi connectivity index (χ4n) is 2.33. The zero-order chi connectivity index (χ0) is 13.3. The lowest BCUT2D eigenvalue weighted by molar-refractivity contribution is 0.0697. The van der Waals surface area contributed by atoms with Crippen LogP contribution in [0.5, 0.6) is 0 Å². The van der Waals surface area contributed by atoms with Crippen molar-refractivity contribution in [1.29, 1.82) is 0 Å². The minimum atomic E-state index is -0.870. The zero-order valence-electron chi connectivity index (χ0n) is 10.6. The van der Waals surface area contributed by atoms with Gasteiger partial charge in [-0.15, -0.1) is 0 Å². The Morgan fingerprint density at radius 2 is 2.22 bits per heavy atom. The first kappa shape index (κ1) is 13.4. The summed E-state index contributed by atoms with van der Waals surface area (Å²) in [6, 6.07) is 5.81. The van der Waals surface area contributed by atoms with Crippen LogP contribution < -0.4 is 4.90 Å². The molecule has 1 saturated heterocycles. The second-order valence-corrected chi connectivity index (χ2v) is 5.73. The summed E-state index contributed by atoms with van der Waals surface area (Å²) in [5.74, 6) is -0.870. The first-order valence-electron chi connectivity index (χ1n) is 5.93. The van der Waals surface area contributed by atoms with Crippen molar-refractivity contribution in [3.63, 3.8) is 0 Å². The van der Waals surface area contributed by atoms with Gasteiger partial charge in [-0.25, -0.2) is 4.79 Å². The van der Waals surface area contributed by atoms with Crippen molar-refractivity contribution in [3.8, 4) is 0 Å². The topological polar surface area (TPSA) is 43.8 Å². The molecule has 1 atom stereocenters. The van der Waals surface area contributed by atoms with Gasteiger partial charge in [0.25, 0.3) is 0 Å². The molecule has 1 unspecified atom stereocenters. The van der Waals surface area contributed by atoms with E-state index in [4.69, 9.17) is 0 Å². The van der Waals surface area contributed by atoms with E-state index in [1.54, 1.807) is 12.1 Å². The van der Waals surface area contributed by atoms with Crippen LogP contribution in [-0.4, -0.2) is 49.2 Å². The molecule has 1 aromatic rings. The minimum Gasteiger partial charge on any atom is -0.478 e. The molecular formula is C13H17BrN2O2. The molecule has 0 aromatic heterocycles. The van der Waals surface area contributed by atoms with Crippen molar-refractivity contribution < 1.29 is 9.90 Å². The summed E-state index contributed by atoms with van der Waals surface area (Å²) in [7, 11) is 4.13. The SMILES string of the molecule is CN(C)C1CCN(c2cc(Br)ccc2C(=O)O)C1. The van der Waals surface area contributed by atoms with Gasteiger partial charge >= 0.3 is 5.97 Å². The van der Waals surface area contributed by atoms with Crippen molar-refractivity contribution >= 4 is 27.6 Å². The number of nitrogens with zero attached hydrogens (tertiary/aromatic N) is 2. The lowest BCUT2D eigenvalue weighted by Gasteiger charge is -2.23. The maximum atomic E-state index is 11.3. The van der Waals surface area contributed by atoms with Gasteiger partial charge in [0.2, 0.25) is 0 Å². The third kappa shape index (κ3) is 2.67. The van der Waals surface area contributed by atoms with E-state index >= 15 is 0 Å². The van der Waals surface area contributed by atoms with Crippen LogP contribution in [0, 0.1) is 0 Å². The van der Waals surface area contributed by atoms with Gasteiger partial charge in [-0.3, -0.25) is 0 Å². The molecule has 0 aliphatic carbocycles. The smallest absolute Gasteiger partial charge is 0.337 e. The quantitative estimate of drug-likeness (QED) is 0.930. The lowest BCUT2D eigenvalue weighted by atomic mass is 10.1. The Morgan fingerprint density at radius 3 is 2.78 bits per heavy atom. The van der Waals surface area contributed by atoms with Gasteiger partial charge in [-0.05, 0) is 38.7 Å². The molecule has 0 bridgehead atoms. The van der Waals surface area contributed by atoms with Gasteiger partial charge in [0.05, 0.1) is 11.3 Å². The number of likely N-dealkylation sites (N-methyl/N-ethyl adjacent to an activating group) is 1. The van der Waals surface area contributed by atoms with Gasteiger partial charge in [-0.2, -0.15) is 0 Å². The molecule has 1 aliphatic rings. The van der Waals surface area contributed by atoms with Crippen LogP contribution in [-0.2, 0) is 0 Å². The van der Waals surface area contributed by atoms with E-state index in [0.717, 1.165) is 29.7 Å². The summed E-state index contributed by atoms with van der Waals surface area (Å²) in [5.41, 5.74) is 1.18. The van der Waals surface area contributed by atoms with E-state index in [1.165, 1.54) is 0 Å². The molecule has 0 spiro atoms. The van der Waals surface area contributed by atoms with Crippen molar-refractivity contribution in [2.24, 2.45) is 0 Å². The normalized spacial score (nSPS) is 19.6. The Kier molecular flexibility index (Phi) is 3.92. The number of halogens is 1. The van der Waals surface area contributed by atoms with Gasteiger partial charge in [0.15, 0.2) is 0 Å². The van der Waals surface area contributed by atoms with Gasteiger partial charge in [-0.1, -0.05) is 15.9 Å². The number of rotatable bonds is 3. The molecule has 5 heteroatoms. The molecule has 0 radical (unpaired) electrons. The largest absolute Gasteiger partial charge is 0.478 e. The predicted octanol–water partition coefficient (Wildman–Crippen LogP) is 2.29. The molecule has 2 rings (SSSR count). The Balaban J connectivity index is 2.28. The minimum absolute atomic E-state index is 0.373. The van der Waals surface area contributed by atoms with Gasteiger partial charge < -0.3 is 14.9 Å². The third-order valence-corrected chi connectivity index (χ3v) is 3.92. The fourth-order valence-corrected chi connectivity index (χ4v) is 2.68. The van der Waals surface area contributed by atoms with Crippen molar-refractivity contribution in [2.75, 3.05) is 32.1 Å². The van der Waals surface area contributed by atoms with Crippen LogP contribution in [0.2, 0.25) is 0 Å². The maximum Gasteiger partial charge on any atom is 0.337 e. The average molecular weight is 313 g/mol. The number of hydrogen-bond acceptors (Lipinski definition) is 3. The molecule has 18 heavy (non-hydrogen) atoms. The standard InChI is InChI=1S/C13H17BrN2O2/c1-15(2)10-5-6-16(8-10)12-7-9(14)3-4-11(12)13(17)18/h3-4,7,10H,5-6,8H2,1-2H3,(H,17,18). The van der Waals surface area contributed by atoms with E-state index in [0.29, 0.717) is 11.6 Å². The summed E-state index contributed by atoms with van der Waals surface area (Å²) < 4.78 is 0.913. The van der Waals surface area contributed by atoms with Crippen molar-refractivity contribution in [1.82, 2.24) is 4.90 Å². The Morgan fingerprint density at radius 1 is 1.50 bits per heavy atom. The number of carboxylic acids is 1. The number of benzene rings is 1. The summed E-state index contributed by atoms with van der Waals surface area (Å²) in [4.78, 5) is 15.6. The number of anilines is 1. The molecule has 1 aliphatic heterocycles. The predicted molar refractivity (Wildman–Crippen MR) is 75.4 cm³/mol. The van der Waals surface area contributed by atoms with Gasteiger partial charge in [0, 0.05) is 23.6 Å². The average Bonchev–Trinajstić information content (AvgIpc) is 2.77. The van der Waals surface area contributed by atoms with Crippen LogP contribution in [0.1, 0.15) is 16.8 Å². The second-order valence-electron chi connectivity index (χ2n) is 4.82. The van der Waals surface area contributed by atoms with Crippen LogP contribution in [0.25, 0.3) is 0 Å². The monoisotopic (exact) mass is 312 g/mol. The molecular weight excluding hydrogens is 296 g/mol. The van der Waals surface area contributed by atoms with Crippen molar-refractivity contribution in [2.45, 2.75) is 12.5 Å². The fraction of sp³-hybridized carbons (Fsp3) is 0.462. The highest BCUT2D eigenvalue weighted by atomic mass is 79.9. The lowest BCUT2D eigenvalue weighted by Crippen LogP contribution is -2.32. The number of aromatic carboxylic acids is 1. The van der Waals surface area contributed by atoms with Crippen LogP contribution in [0.4, 0.5) is 5.69 Å². The molecule has 0 amide bonds. The van der Waals surface area contributed by atoms with E-state index in [9.17, 15) is 9.90 Å². The zero-order valence-corrected chi connectivity index (χ0v) is 12.1. The van der Waals surface area contributed by atoms with E-state index in [2.05, 4.69) is 39.8 Å². The van der Waals surface area contributed by atoms with Crippen molar-refractivity contribution in [3.05, 3.63) is 28.2 Å². The first-order valence-corrected chi connectivity index (χ1v) is 6.72. The maximum absolute atomic E-state index is 11.3. The van der Waals surface area contributed by atoms with E-state index in [-0.39, 0.29) is 0 Å². The van der Waals surface area contributed by atoms with Gasteiger partial charge in [0.1, 0.15) is 0 Å². The third-order valence-electron chi connectivity index (χ3n) is 3.42.